The number of nitrogen functional groups attached to an aromatic ring is 1. The summed E-state index contributed by atoms with van der Waals surface area (Å²) in [5.74, 6) is -5.24. The zero-order valence-electron chi connectivity index (χ0n) is 9.88. The molecule has 0 saturated heterocycles. The Balaban J connectivity index is 2.26. The third kappa shape index (κ3) is 2.93. The molecular formula is C13H8BrF3N2O. The molecule has 2 aromatic rings. The summed E-state index contributed by atoms with van der Waals surface area (Å²) >= 11 is 3.19. The van der Waals surface area contributed by atoms with Gasteiger partial charge in [-0.25, -0.2) is 13.2 Å². The third-order valence-electron chi connectivity index (χ3n) is 2.50. The summed E-state index contributed by atoms with van der Waals surface area (Å²) in [6, 6.07) is 5.87. The van der Waals surface area contributed by atoms with E-state index in [1.807, 2.05) is 0 Å². The Kier molecular flexibility index (Phi) is 3.99. The molecule has 0 aliphatic carbocycles. The molecule has 20 heavy (non-hydrogen) atoms. The molecule has 0 atom stereocenters. The summed E-state index contributed by atoms with van der Waals surface area (Å²) in [7, 11) is 0. The smallest absolute Gasteiger partial charge is 0.255 e. The van der Waals surface area contributed by atoms with Crippen molar-refractivity contribution in [2.24, 2.45) is 0 Å². The lowest BCUT2D eigenvalue weighted by atomic mass is 10.2. The van der Waals surface area contributed by atoms with Gasteiger partial charge in [0.25, 0.3) is 5.91 Å². The molecule has 0 bridgehead atoms. The van der Waals surface area contributed by atoms with E-state index in [4.69, 9.17) is 5.73 Å². The van der Waals surface area contributed by atoms with Crippen LogP contribution in [0, 0.1) is 17.5 Å². The number of rotatable bonds is 2. The second-order valence-electron chi connectivity index (χ2n) is 3.94. The van der Waals surface area contributed by atoms with Crippen molar-refractivity contribution >= 4 is 33.2 Å². The Morgan fingerprint density at radius 3 is 2.25 bits per heavy atom. The maximum atomic E-state index is 13.0. The Bertz CT molecular complexity index is 668. The lowest BCUT2D eigenvalue weighted by Crippen LogP contribution is -2.13. The molecule has 0 fully saturated rings. The highest BCUT2D eigenvalue weighted by Crippen LogP contribution is 2.23. The van der Waals surface area contributed by atoms with Crippen molar-refractivity contribution in [1.29, 1.82) is 0 Å². The highest BCUT2D eigenvalue weighted by molar-refractivity contribution is 9.10. The molecule has 0 aliphatic rings. The number of nitrogens with two attached hydrogens (primary N) is 1. The molecule has 0 unspecified atom stereocenters. The number of hydrogen-bond acceptors (Lipinski definition) is 2. The molecule has 1 amide bonds. The number of carbonyl (C=O) groups excluding carboxylic acids is 1. The van der Waals surface area contributed by atoms with Gasteiger partial charge >= 0.3 is 0 Å². The SMILES string of the molecule is Nc1cc(NC(=O)c2cc(F)c(F)c(F)c2)ccc1Br. The maximum Gasteiger partial charge on any atom is 0.255 e. The predicted molar refractivity (Wildman–Crippen MR) is 72.8 cm³/mol. The minimum atomic E-state index is -1.62. The first kappa shape index (κ1) is 14.4. The van der Waals surface area contributed by atoms with Crippen LogP contribution < -0.4 is 11.1 Å². The molecule has 3 N–H and O–H groups in total. The zero-order valence-corrected chi connectivity index (χ0v) is 11.5. The number of anilines is 2. The van der Waals surface area contributed by atoms with E-state index in [-0.39, 0.29) is 5.56 Å². The van der Waals surface area contributed by atoms with E-state index in [0.717, 1.165) is 0 Å². The van der Waals surface area contributed by atoms with E-state index in [9.17, 15) is 18.0 Å². The minimum Gasteiger partial charge on any atom is -0.398 e. The lowest BCUT2D eigenvalue weighted by Gasteiger charge is -2.07. The van der Waals surface area contributed by atoms with E-state index in [1.54, 1.807) is 12.1 Å². The van der Waals surface area contributed by atoms with Crippen molar-refractivity contribution in [3.8, 4) is 0 Å². The molecule has 0 heterocycles. The van der Waals surface area contributed by atoms with Crippen LogP contribution in [0.25, 0.3) is 0 Å². The number of nitrogens with one attached hydrogen (secondary N) is 1. The summed E-state index contributed by atoms with van der Waals surface area (Å²) in [4.78, 5) is 11.8. The van der Waals surface area contributed by atoms with Crippen molar-refractivity contribution < 1.29 is 18.0 Å². The van der Waals surface area contributed by atoms with Crippen LogP contribution in [0.4, 0.5) is 24.5 Å². The third-order valence-corrected chi connectivity index (χ3v) is 3.22. The van der Waals surface area contributed by atoms with Crippen LogP contribution in [0.15, 0.2) is 34.8 Å². The fourth-order valence-electron chi connectivity index (χ4n) is 1.51. The van der Waals surface area contributed by atoms with Crippen molar-refractivity contribution in [2.75, 3.05) is 11.1 Å². The molecule has 2 aromatic carbocycles. The first-order valence-electron chi connectivity index (χ1n) is 5.39. The fraction of sp³-hybridized carbons (Fsp3) is 0. The molecule has 3 nitrogen and oxygen atoms in total. The van der Waals surface area contributed by atoms with Crippen LogP contribution in [0.3, 0.4) is 0 Å². The van der Waals surface area contributed by atoms with Crippen molar-refractivity contribution in [1.82, 2.24) is 0 Å². The summed E-state index contributed by atoms with van der Waals surface area (Å²) in [6.45, 7) is 0. The quantitative estimate of drug-likeness (QED) is 0.644. The first-order chi connectivity index (χ1) is 9.38. The van der Waals surface area contributed by atoms with E-state index in [1.165, 1.54) is 6.07 Å². The van der Waals surface area contributed by atoms with Gasteiger partial charge in [-0.3, -0.25) is 4.79 Å². The molecule has 104 valence electrons. The van der Waals surface area contributed by atoms with Gasteiger partial charge in [0.1, 0.15) is 0 Å². The molecule has 0 radical (unpaired) electrons. The van der Waals surface area contributed by atoms with Crippen LogP contribution >= 0.6 is 15.9 Å². The van der Waals surface area contributed by atoms with Crippen molar-refractivity contribution in [2.45, 2.75) is 0 Å². The number of benzene rings is 2. The Morgan fingerprint density at radius 1 is 1.10 bits per heavy atom. The van der Waals surface area contributed by atoms with Crippen LogP contribution in [0.1, 0.15) is 10.4 Å². The zero-order chi connectivity index (χ0) is 14.9. The molecule has 2 rings (SSSR count). The Hall–Kier alpha value is -2.02. The van der Waals surface area contributed by atoms with E-state index < -0.39 is 23.4 Å². The average Bonchev–Trinajstić information content (AvgIpc) is 2.39. The number of halogens is 4. The Labute approximate surface area is 120 Å². The van der Waals surface area contributed by atoms with Crippen molar-refractivity contribution in [3.05, 3.63) is 57.8 Å². The summed E-state index contributed by atoms with van der Waals surface area (Å²) in [5.41, 5.74) is 6.04. The van der Waals surface area contributed by atoms with Crippen molar-refractivity contribution in [3.63, 3.8) is 0 Å². The topological polar surface area (TPSA) is 55.1 Å². The Morgan fingerprint density at radius 2 is 1.70 bits per heavy atom. The van der Waals surface area contributed by atoms with Gasteiger partial charge in [-0.05, 0) is 46.3 Å². The molecule has 0 aromatic heterocycles. The number of amides is 1. The second kappa shape index (κ2) is 5.54. The van der Waals surface area contributed by atoms with Gasteiger partial charge < -0.3 is 11.1 Å². The highest BCUT2D eigenvalue weighted by Gasteiger charge is 2.15. The van der Waals surface area contributed by atoms with Gasteiger partial charge in [0, 0.05) is 21.4 Å². The van der Waals surface area contributed by atoms with Gasteiger partial charge in [-0.2, -0.15) is 0 Å². The van der Waals surface area contributed by atoms with Gasteiger partial charge in [-0.1, -0.05) is 0 Å². The molecule has 0 spiro atoms. The van der Waals surface area contributed by atoms with Crippen LogP contribution in [-0.2, 0) is 0 Å². The number of hydrogen-bond donors (Lipinski definition) is 2. The van der Waals surface area contributed by atoms with Gasteiger partial charge in [0.2, 0.25) is 0 Å². The van der Waals surface area contributed by atoms with Gasteiger partial charge in [0.05, 0.1) is 0 Å². The monoisotopic (exact) mass is 344 g/mol. The maximum absolute atomic E-state index is 13.0. The van der Waals surface area contributed by atoms with E-state index in [0.29, 0.717) is 28.0 Å². The average molecular weight is 345 g/mol. The van der Waals surface area contributed by atoms with Gasteiger partial charge in [-0.15, -0.1) is 0 Å². The summed E-state index contributed by atoms with van der Waals surface area (Å²) in [6.07, 6.45) is 0. The molecule has 0 saturated carbocycles. The minimum absolute atomic E-state index is 0.331. The second-order valence-corrected chi connectivity index (χ2v) is 4.80. The molecule has 7 heteroatoms. The van der Waals surface area contributed by atoms with Crippen LogP contribution in [-0.4, -0.2) is 5.91 Å². The number of carbonyl (C=O) groups is 1. The van der Waals surface area contributed by atoms with Gasteiger partial charge in [0.15, 0.2) is 17.5 Å². The largest absolute Gasteiger partial charge is 0.398 e. The summed E-state index contributed by atoms with van der Waals surface area (Å²) < 4.78 is 39.5. The van der Waals surface area contributed by atoms with E-state index >= 15 is 0 Å². The van der Waals surface area contributed by atoms with Crippen LogP contribution in [0.2, 0.25) is 0 Å². The molecular weight excluding hydrogens is 337 g/mol. The van der Waals surface area contributed by atoms with Crippen LogP contribution in [0.5, 0.6) is 0 Å². The first-order valence-corrected chi connectivity index (χ1v) is 6.18. The predicted octanol–water partition coefficient (Wildman–Crippen LogP) is 3.70. The molecule has 0 aliphatic heterocycles. The highest BCUT2D eigenvalue weighted by atomic mass is 79.9. The lowest BCUT2D eigenvalue weighted by molar-refractivity contribution is 0.102. The summed E-state index contributed by atoms with van der Waals surface area (Å²) in [5, 5.41) is 2.40. The standard InChI is InChI=1S/C13H8BrF3N2O/c14-8-2-1-7(5-11(8)18)19-13(20)6-3-9(15)12(17)10(16)4-6/h1-5H,18H2,(H,19,20). The normalized spacial score (nSPS) is 10.4. The van der Waals surface area contributed by atoms with E-state index in [2.05, 4.69) is 21.2 Å². The fourth-order valence-corrected chi connectivity index (χ4v) is 1.76.